The number of nitrogens with one attached hydrogen (secondary N) is 4. The number of aliphatic carboxylic acids is 2. The lowest BCUT2D eigenvalue weighted by Crippen LogP contribution is -2.60. The molecule has 0 rings (SSSR count). The summed E-state index contributed by atoms with van der Waals surface area (Å²) < 4.78 is 0. The zero-order valence-electron chi connectivity index (χ0n) is 25.3. The first-order chi connectivity index (χ1) is 19.4. The Hall–Kier alpha value is -3.75. The van der Waals surface area contributed by atoms with E-state index in [4.69, 9.17) is 16.6 Å². The molecule has 0 aliphatic heterocycles. The molecule has 0 aliphatic rings. The lowest BCUT2D eigenvalue weighted by Gasteiger charge is -2.30. The van der Waals surface area contributed by atoms with Crippen LogP contribution in [-0.2, 0) is 33.6 Å². The second-order valence-electron chi connectivity index (χ2n) is 11.0. The summed E-state index contributed by atoms with van der Waals surface area (Å²) in [5.41, 5.74) is 11.0. The zero-order chi connectivity index (χ0) is 32.7. The molecule has 7 atom stereocenters. The first-order valence-corrected chi connectivity index (χ1v) is 14.1. The van der Waals surface area contributed by atoms with Crippen LogP contribution in [0.2, 0.25) is 0 Å². The van der Waals surface area contributed by atoms with Gasteiger partial charge in [-0.15, -0.1) is 0 Å². The molecule has 0 fully saturated rings. The molecular weight excluding hydrogens is 552 g/mol. The van der Waals surface area contributed by atoms with E-state index in [1.54, 1.807) is 41.5 Å². The highest BCUT2D eigenvalue weighted by Gasteiger charge is 2.35. The molecule has 0 aromatic rings. The number of carboxylic acid groups (broad SMARTS) is 2. The van der Waals surface area contributed by atoms with Crippen molar-refractivity contribution in [3.63, 3.8) is 0 Å². The second kappa shape index (κ2) is 18.6. The van der Waals surface area contributed by atoms with Crippen molar-refractivity contribution in [2.45, 2.75) is 110 Å². The van der Waals surface area contributed by atoms with E-state index in [2.05, 4.69) is 21.3 Å². The van der Waals surface area contributed by atoms with E-state index in [0.29, 0.717) is 12.8 Å². The summed E-state index contributed by atoms with van der Waals surface area (Å²) in [4.78, 5) is 86.3. The molecule has 10 N–H and O–H groups in total. The number of rotatable bonds is 20. The van der Waals surface area contributed by atoms with Gasteiger partial charge in [0, 0.05) is 6.42 Å². The minimum atomic E-state index is -1.51. The summed E-state index contributed by atoms with van der Waals surface area (Å²) in [7, 11) is 0. The number of carboxylic acids is 2. The number of hydrogen-bond donors (Lipinski definition) is 8. The molecule has 15 heteroatoms. The Bertz CT molecular complexity index is 974. The van der Waals surface area contributed by atoms with E-state index in [1.807, 2.05) is 0 Å². The highest BCUT2D eigenvalue weighted by molar-refractivity contribution is 5.97. The molecule has 15 nitrogen and oxygen atoms in total. The first-order valence-electron chi connectivity index (χ1n) is 14.1. The van der Waals surface area contributed by atoms with Crippen LogP contribution in [0.4, 0.5) is 0 Å². The quantitative estimate of drug-likeness (QED) is 0.0863. The third kappa shape index (κ3) is 13.7. The molecular formula is C27H48N6O9. The summed E-state index contributed by atoms with van der Waals surface area (Å²) in [6, 6.07) is -6.27. The highest BCUT2D eigenvalue weighted by Crippen LogP contribution is 2.14. The van der Waals surface area contributed by atoms with Crippen LogP contribution in [0, 0.1) is 17.8 Å². The van der Waals surface area contributed by atoms with Gasteiger partial charge in [0.2, 0.25) is 29.5 Å². The number of carbonyl (C=O) groups excluding carboxylic acids is 5. The molecule has 0 bridgehead atoms. The molecule has 240 valence electrons. The summed E-state index contributed by atoms with van der Waals surface area (Å²) in [5, 5.41) is 28.3. The van der Waals surface area contributed by atoms with Crippen LogP contribution < -0.4 is 32.7 Å². The minimum absolute atomic E-state index is 0.117. The van der Waals surface area contributed by atoms with Crippen molar-refractivity contribution in [3.8, 4) is 0 Å². The van der Waals surface area contributed by atoms with Gasteiger partial charge < -0.3 is 42.9 Å². The van der Waals surface area contributed by atoms with Gasteiger partial charge in [-0.2, -0.15) is 0 Å². The molecule has 0 heterocycles. The van der Waals surface area contributed by atoms with Crippen molar-refractivity contribution in [1.29, 1.82) is 0 Å². The fraction of sp³-hybridized carbons (Fsp3) is 0.741. The van der Waals surface area contributed by atoms with Crippen molar-refractivity contribution >= 4 is 41.5 Å². The van der Waals surface area contributed by atoms with Gasteiger partial charge in [-0.1, -0.05) is 54.4 Å². The van der Waals surface area contributed by atoms with E-state index in [1.165, 1.54) is 0 Å². The predicted molar refractivity (Wildman–Crippen MR) is 152 cm³/mol. The van der Waals surface area contributed by atoms with Crippen LogP contribution in [0.25, 0.3) is 0 Å². The fourth-order valence-electron chi connectivity index (χ4n) is 3.96. The molecule has 42 heavy (non-hydrogen) atoms. The second-order valence-corrected chi connectivity index (χ2v) is 11.0. The summed E-state index contributed by atoms with van der Waals surface area (Å²) in [6.45, 7) is 10.6. The molecule has 0 spiro atoms. The fourth-order valence-corrected chi connectivity index (χ4v) is 3.96. The number of hydrogen-bond acceptors (Lipinski definition) is 8. The Kier molecular flexibility index (Phi) is 17.0. The topological polar surface area (TPSA) is 260 Å². The van der Waals surface area contributed by atoms with Gasteiger partial charge in [0.1, 0.15) is 24.2 Å². The van der Waals surface area contributed by atoms with E-state index in [0.717, 1.165) is 0 Å². The van der Waals surface area contributed by atoms with E-state index < -0.39 is 90.4 Å². The van der Waals surface area contributed by atoms with Gasteiger partial charge in [-0.25, -0.2) is 4.79 Å². The number of primary amides is 1. The minimum Gasteiger partial charge on any atom is -0.481 e. The monoisotopic (exact) mass is 600 g/mol. The van der Waals surface area contributed by atoms with Gasteiger partial charge in [0.15, 0.2) is 0 Å². The van der Waals surface area contributed by atoms with Gasteiger partial charge in [0.05, 0.1) is 12.5 Å². The lowest BCUT2D eigenvalue weighted by atomic mass is 9.94. The van der Waals surface area contributed by atoms with Gasteiger partial charge in [-0.3, -0.25) is 28.8 Å². The lowest BCUT2D eigenvalue weighted by molar-refractivity contribution is -0.144. The van der Waals surface area contributed by atoms with Crippen LogP contribution in [0.5, 0.6) is 0 Å². The Labute approximate surface area is 246 Å². The van der Waals surface area contributed by atoms with Crippen LogP contribution in [0.15, 0.2) is 0 Å². The predicted octanol–water partition coefficient (Wildman–Crippen LogP) is -0.784. The molecule has 0 aromatic carbocycles. The van der Waals surface area contributed by atoms with Crippen molar-refractivity contribution in [2.75, 3.05) is 0 Å². The molecule has 0 aromatic heterocycles. The zero-order valence-corrected chi connectivity index (χ0v) is 25.3. The van der Waals surface area contributed by atoms with Crippen molar-refractivity contribution < 1.29 is 43.8 Å². The van der Waals surface area contributed by atoms with E-state index >= 15 is 0 Å². The molecule has 0 saturated heterocycles. The van der Waals surface area contributed by atoms with Crippen molar-refractivity contribution in [3.05, 3.63) is 0 Å². The van der Waals surface area contributed by atoms with Crippen LogP contribution in [0.3, 0.4) is 0 Å². The Morgan fingerprint density at radius 3 is 1.62 bits per heavy atom. The number of amides is 5. The van der Waals surface area contributed by atoms with E-state index in [-0.39, 0.29) is 24.7 Å². The Morgan fingerprint density at radius 1 is 0.690 bits per heavy atom. The summed E-state index contributed by atoms with van der Waals surface area (Å²) in [6.07, 6.45) is -0.157. The molecule has 0 unspecified atom stereocenters. The third-order valence-corrected chi connectivity index (χ3v) is 6.95. The maximum absolute atomic E-state index is 13.4. The Morgan fingerprint density at radius 2 is 1.17 bits per heavy atom. The van der Waals surface area contributed by atoms with Gasteiger partial charge >= 0.3 is 11.9 Å². The summed E-state index contributed by atoms with van der Waals surface area (Å²) in [5.74, 6) is -7.41. The highest BCUT2D eigenvalue weighted by atomic mass is 16.4. The maximum Gasteiger partial charge on any atom is 0.326 e. The van der Waals surface area contributed by atoms with Gasteiger partial charge in [0.25, 0.3) is 0 Å². The largest absolute Gasteiger partial charge is 0.481 e. The SMILES string of the molecule is CC[C@H](C)[C@H](NC(=O)[C@@H](NC(=O)[C@H](CC(C)C)NC(=O)[C@H](CC(N)=O)NC(=O)[C@@H](N)CCC(=O)O)[C@@H](C)CC)C(=O)O. The molecule has 0 saturated carbocycles. The van der Waals surface area contributed by atoms with Crippen LogP contribution in [-0.4, -0.2) is 81.9 Å². The van der Waals surface area contributed by atoms with Crippen molar-refractivity contribution in [2.24, 2.45) is 29.2 Å². The maximum atomic E-state index is 13.4. The van der Waals surface area contributed by atoms with E-state index in [9.17, 15) is 38.7 Å². The molecule has 5 amide bonds. The Balaban J connectivity index is 5.93. The average molecular weight is 601 g/mol. The third-order valence-electron chi connectivity index (χ3n) is 6.95. The standard InChI is InChI=1S/C27H48N6O9/c1-7-14(5)21(26(40)33-22(27(41)42)15(6)8-2)32-25(39)17(11-13(3)4)31-24(38)18(12-19(29)34)30-23(37)16(28)9-10-20(35)36/h13-18,21-22H,7-12,28H2,1-6H3,(H2,29,34)(H,30,37)(H,31,38)(H,32,39)(H,33,40)(H,35,36)(H,41,42)/t14-,15-,16-,17-,18-,21-,22-/m0/s1. The average Bonchev–Trinajstić information content (AvgIpc) is 2.90. The number of carbonyl (C=O) groups is 7. The van der Waals surface area contributed by atoms with Gasteiger partial charge in [-0.05, 0) is 30.6 Å². The van der Waals surface area contributed by atoms with Crippen LogP contribution in [0.1, 0.15) is 80.1 Å². The molecule has 0 radical (unpaired) electrons. The van der Waals surface area contributed by atoms with Crippen molar-refractivity contribution in [1.82, 2.24) is 21.3 Å². The first kappa shape index (κ1) is 38.2. The van der Waals surface area contributed by atoms with Crippen LogP contribution >= 0.6 is 0 Å². The smallest absolute Gasteiger partial charge is 0.326 e. The normalized spacial score (nSPS) is 16.1. The number of nitrogens with two attached hydrogens (primary N) is 2. The summed E-state index contributed by atoms with van der Waals surface area (Å²) >= 11 is 0. The molecule has 0 aliphatic carbocycles.